The van der Waals surface area contributed by atoms with Crippen LogP contribution in [0.25, 0.3) is 0 Å². The molecule has 136 valence electrons. The number of carbonyl (C=O) groups is 1. The molecule has 0 aromatic rings. The van der Waals surface area contributed by atoms with Gasteiger partial charge in [0.05, 0.1) is 11.7 Å². The topological polar surface area (TPSA) is 35.5 Å². The second-order valence-electron chi connectivity index (χ2n) is 6.97. The summed E-state index contributed by atoms with van der Waals surface area (Å²) in [6.07, 6.45) is 10.1. The highest BCUT2D eigenvalue weighted by Gasteiger charge is 2.15. The Bertz CT molecular complexity index is 384. The van der Waals surface area contributed by atoms with E-state index in [1.54, 1.807) is 13.2 Å². The van der Waals surface area contributed by atoms with Crippen LogP contribution in [0.5, 0.6) is 0 Å². The summed E-state index contributed by atoms with van der Waals surface area (Å²) < 4.78 is 10.5. The van der Waals surface area contributed by atoms with E-state index in [4.69, 9.17) is 9.47 Å². The summed E-state index contributed by atoms with van der Waals surface area (Å²) in [5.41, 5.74) is 0.907. The maximum absolute atomic E-state index is 11.5. The zero-order chi connectivity index (χ0) is 17.2. The lowest BCUT2D eigenvalue weighted by Gasteiger charge is -2.23. The molecule has 0 aliphatic carbocycles. The standard InChI is InChI=1S/C19H34O3.H3P/c1-15(2)22-18(20)14-17(4)11-8-10-16(3)12-9-13-19(5,6)21-7;/h8,11,14-16H,9-10,12-13H2,1-7H3;1H3. The van der Waals surface area contributed by atoms with Crippen LogP contribution in [0, 0.1) is 5.92 Å². The number of carbonyl (C=O) groups excluding carboxylic acids is 1. The van der Waals surface area contributed by atoms with Gasteiger partial charge in [-0.2, -0.15) is 9.90 Å². The molecule has 0 amide bonds. The Hall–Kier alpha value is -0.660. The quantitative estimate of drug-likeness (QED) is 0.239. The zero-order valence-electron chi connectivity index (χ0n) is 16.1. The van der Waals surface area contributed by atoms with Crippen LogP contribution in [0.3, 0.4) is 0 Å². The largest absolute Gasteiger partial charge is 0.460 e. The first-order valence-electron chi connectivity index (χ1n) is 8.27. The van der Waals surface area contributed by atoms with E-state index in [2.05, 4.69) is 26.8 Å². The van der Waals surface area contributed by atoms with E-state index in [0.29, 0.717) is 5.92 Å². The number of ether oxygens (including phenoxy) is 2. The lowest BCUT2D eigenvalue weighted by Crippen LogP contribution is -2.22. The van der Waals surface area contributed by atoms with Gasteiger partial charge in [-0.15, -0.1) is 0 Å². The summed E-state index contributed by atoms with van der Waals surface area (Å²) >= 11 is 0. The normalized spacial score (nSPS) is 14.0. The molecule has 0 bridgehead atoms. The molecule has 23 heavy (non-hydrogen) atoms. The molecule has 4 heteroatoms. The monoisotopic (exact) mass is 344 g/mol. The van der Waals surface area contributed by atoms with Gasteiger partial charge in [-0.25, -0.2) is 4.79 Å². The van der Waals surface area contributed by atoms with Crippen LogP contribution in [0.1, 0.15) is 67.2 Å². The van der Waals surface area contributed by atoms with E-state index in [0.717, 1.165) is 18.4 Å². The van der Waals surface area contributed by atoms with Gasteiger partial charge in [-0.05, 0) is 59.0 Å². The molecule has 0 heterocycles. The molecule has 0 radical (unpaired) electrons. The summed E-state index contributed by atoms with van der Waals surface area (Å²) in [5.74, 6) is 0.367. The molecule has 0 rings (SSSR count). The Morgan fingerprint density at radius 2 is 1.83 bits per heavy atom. The number of allylic oxidation sites excluding steroid dienone is 3. The van der Waals surface area contributed by atoms with Crippen molar-refractivity contribution in [1.82, 2.24) is 0 Å². The summed E-state index contributed by atoms with van der Waals surface area (Å²) in [5, 5.41) is 0. The molecular formula is C19H37O3P. The molecule has 0 saturated heterocycles. The first kappa shape index (κ1) is 24.6. The van der Waals surface area contributed by atoms with Gasteiger partial charge >= 0.3 is 5.97 Å². The maximum atomic E-state index is 11.5. The Labute approximate surface area is 146 Å². The van der Waals surface area contributed by atoms with Gasteiger partial charge in [0.25, 0.3) is 0 Å². The molecule has 0 N–H and O–H groups in total. The number of methoxy groups -OCH3 is 1. The van der Waals surface area contributed by atoms with E-state index in [1.165, 1.54) is 12.8 Å². The van der Waals surface area contributed by atoms with Crippen molar-refractivity contribution in [3.63, 3.8) is 0 Å². The maximum Gasteiger partial charge on any atom is 0.331 e. The van der Waals surface area contributed by atoms with Gasteiger partial charge in [-0.3, -0.25) is 0 Å². The Balaban J connectivity index is 0. The van der Waals surface area contributed by atoms with Crippen molar-refractivity contribution in [2.75, 3.05) is 7.11 Å². The molecule has 0 aromatic heterocycles. The van der Waals surface area contributed by atoms with Crippen LogP contribution in [0.2, 0.25) is 0 Å². The van der Waals surface area contributed by atoms with E-state index in [9.17, 15) is 4.79 Å². The minimum absolute atomic E-state index is 0. The van der Waals surface area contributed by atoms with Crippen molar-refractivity contribution < 1.29 is 14.3 Å². The van der Waals surface area contributed by atoms with Crippen LogP contribution in [0.15, 0.2) is 23.8 Å². The SMILES string of the molecule is COC(C)(C)CCCC(C)CC=CC(C)=CC(=O)OC(C)C.P. The first-order valence-corrected chi connectivity index (χ1v) is 8.27. The van der Waals surface area contributed by atoms with Crippen molar-refractivity contribution in [2.24, 2.45) is 5.92 Å². The number of hydrogen-bond donors (Lipinski definition) is 0. The van der Waals surface area contributed by atoms with Gasteiger partial charge < -0.3 is 9.47 Å². The Morgan fingerprint density at radius 3 is 2.35 bits per heavy atom. The number of hydrogen-bond acceptors (Lipinski definition) is 3. The van der Waals surface area contributed by atoms with Crippen LogP contribution < -0.4 is 0 Å². The van der Waals surface area contributed by atoms with Gasteiger partial charge in [0.1, 0.15) is 0 Å². The molecule has 2 unspecified atom stereocenters. The Kier molecular flexibility index (Phi) is 13.6. The van der Waals surface area contributed by atoms with Crippen molar-refractivity contribution in [2.45, 2.75) is 78.9 Å². The van der Waals surface area contributed by atoms with Crippen molar-refractivity contribution in [1.29, 1.82) is 0 Å². The highest BCUT2D eigenvalue weighted by atomic mass is 31.0. The lowest BCUT2D eigenvalue weighted by molar-refractivity contribution is -0.141. The number of rotatable bonds is 10. The fourth-order valence-corrected chi connectivity index (χ4v) is 2.08. The second-order valence-corrected chi connectivity index (χ2v) is 6.97. The lowest BCUT2D eigenvalue weighted by atomic mass is 9.95. The van der Waals surface area contributed by atoms with E-state index < -0.39 is 0 Å². The predicted octanol–water partition coefficient (Wildman–Crippen LogP) is 5.12. The minimum atomic E-state index is -0.271. The highest BCUT2D eigenvalue weighted by Crippen LogP contribution is 2.20. The van der Waals surface area contributed by atoms with Crippen molar-refractivity contribution in [3.05, 3.63) is 23.8 Å². The molecule has 0 aliphatic heterocycles. The van der Waals surface area contributed by atoms with E-state index >= 15 is 0 Å². The summed E-state index contributed by atoms with van der Waals surface area (Å²) in [6, 6.07) is 0. The molecule has 3 nitrogen and oxygen atoms in total. The second kappa shape index (κ2) is 12.7. The third-order valence-corrected chi connectivity index (χ3v) is 3.64. The van der Waals surface area contributed by atoms with Crippen LogP contribution >= 0.6 is 9.90 Å². The molecule has 0 aliphatic rings. The van der Waals surface area contributed by atoms with Gasteiger partial charge in [0, 0.05) is 13.2 Å². The predicted molar refractivity (Wildman–Crippen MR) is 104 cm³/mol. The third kappa shape index (κ3) is 14.7. The van der Waals surface area contributed by atoms with Crippen molar-refractivity contribution in [3.8, 4) is 0 Å². The van der Waals surface area contributed by atoms with E-state index in [1.807, 2.05) is 26.8 Å². The fourth-order valence-electron chi connectivity index (χ4n) is 2.08. The zero-order valence-corrected chi connectivity index (χ0v) is 17.6. The first-order chi connectivity index (χ1) is 10.2. The fraction of sp³-hybridized carbons (Fsp3) is 0.737. The average Bonchev–Trinajstić information content (AvgIpc) is 2.37. The molecular weight excluding hydrogens is 307 g/mol. The molecule has 0 saturated carbocycles. The molecule has 2 atom stereocenters. The number of esters is 1. The highest BCUT2D eigenvalue weighted by molar-refractivity contribution is 6.92. The third-order valence-electron chi connectivity index (χ3n) is 3.64. The van der Waals surface area contributed by atoms with E-state index in [-0.39, 0.29) is 27.6 Å². The smallest absolute Gasteiger partial charge is 0.331 e. The molecule has 0 spiro atoms. The minimum Gasteiger partial charge on any atom is -0.460 e. The molecule has 0 aromatic carbocycles. The average molecular weight is 344 g/mol. The Morgan fingerprint density at radius 1 is 1.22 bits per heavy atom. The summed E-state index contributed by atoms with van der Waals surface area (Å²) in [7, 11) is 1.77. The van der Waals surface area contributed by atoms with Crippen molar-refractivity contribution >= 4 is 15.9 Å². The van der Waals surface area contributed by atoms with Gasteiger partial charge in [-0.1, -0.05) is 31.9 Å². The van der Waals surface area contributed by atoms with Crippen LogP contribution in [-0.2, 0) is 14.3 Å². The summed E-state index contributed by atoms with van der Waals surface area (Å²) in [6.45, 7) is 12.1. The summed E-state index contributed by atoms with van der Waals surface area (Å²) in [4.78, 5) is 11.5. The van der Waals surface area contributed by atoms with Gasteiger partial charge in [0.15, 0.2) is 0 Å². The van der Waals surface area contributed by atoms with Crippen LogP contribution in [0.4, 0.5) is 0 Å². The van der Waals surface area contributed by atoms with Crippen LogP contribution in [-0.4, -0.2) is 24.8 Å². The molecule has 0 fully saturated rings. The van der Waals surface area contributed by atoms with Gasteiger partial charge in [0.2, 0.25) is 0 Å².